The molecule has 0 saturated carbocycles. The first-order chi connectivity index (χ1) is 13.1. The summed E-state index contributed by atoms with van der Waals surface area (Å²) < 4.78 is 7.01. The highest BCUT2D eigenvalue weighted by Gasteiger charge is 2.31. The second kappa shape index (κ2) is 6.83. The lowest BCUT2D eigenvalue weighted by molar-refractivity contribution is -0.122. The number of para-hydroxylation sites is 1. The van der Waals surface area contributed by atoms with Gasteiger partial charge in [-0.25, -0.2) is 9.48 Å². The topological polar surface area (TPSA) is 77.3 Å². The van der Waals surface area contributed by atoms with Crippen LogP contribution < -0.4 is 4.90 Å². The van der Waals surface area contributed by atoms with Crippen LogP contribution in [-0.2, 0) is 22.5 Å². The highest BCUT2D eigenvalue weighted by atomic mass is 16.5. The van der Waals surface area contributed by atoms with Crippen LogP contribution in [0.1, 0.15) is 29.8 Å². The summed E-state index contributed by atoms with van der Waals surface area (Å²) in [6.45, 7) is 4.37. The summed E-state index contributed by atoms with van der Waals surface area (Å²) in [6, 6.07) is 12.9. The maximum atomic E-state index is 12.6. The average molecular weight is 364 g/mol. The van der Waals surface area contributed by atoms with Crippen molar-refractivity contribution >= 4 is 28.6 Å². The first-order valence-electron chi connectivity index (χ1n) is 8.99. The molecule has 0 radical (unpaired) electrons. The SMILES string of the molecule is CCn1nnc2cc(C(=O)OCC(=O)N3c4ccccc4C[C@@H]3C)ccc21. The van der Waals surface area contributed by atoms with E-state index in [1.807, 2.05) is 38.1 Å². The molecule has 0 fully saturated rings. The largest absolute Gasteiger partial charge is 0.452 e. The lowest BCUT2D eigenvalue weighted by Crippen LogP contribution is -2.38. The van der Waals surface area contributed by atoms with Crippen molar-refractivity contribution in [2.75, 3.05) is 11.5 Å². The first-order valence-corrected chi connectivity index (χ1v) is 8.99. The molecule has 1 amide bonds. The van der Waals surface area contributed by atoms with Gasteiger partial charge in [0.15, 0.2) is 6.61 Å². The summed E-state index contributed by atoms with van der Waals surface area (Å²) in [6.07, 6.45) is 0.805. The van der Waals surface area contributed by atoms with Crippen molar-refractivity contribution in [3.05, 3.63) is 53.6 Å². The van der Waals surface area contributed by atoms with Crippen LogP contribution in [-0.4, -0.2) is 39.5 Å². The maximum absolute atomic E-state index is 12.6. The Balaban J connectivity index is 1.45. The number of fused-ring (bicyclic) bond motifs is 2. The zero-order valence-electron chi connectivity index (χ0n) is 15.3. The van der Waals surface area contributed by atoms with Gasteiger partial charge in [-0.05, 0) is 50.1 Å². The Morgan fingerprint density at radius 2 is 2.04 bits per heavy atom. The molecular weight excluding hydrogens is 344 g/mol. The summed E-state index contributed by atoms with van der Waals surface area (Å²) in [4.78, 5) is 26.7. The van der Waals surface area contributed by atoms with Crippen molar-refractivity contribution < 1.29 is 14.3 Å². The van der Waals surface area contributed by atoms with Crippen molar-refractivity contribution in [1.29, 1.82) is 0 Å². The number of aromatic nitrogens is 3. The number of hydrogen-bond donors (Lipinski definition) is 0. The summed E-state index contributed by atoms with van der Waals surface area (Å²) in [5.41, 5.74) is 3.86. The summed E-state index contributed by atoms with van der Waals surface area (Å²) in [5.74, 6) is -0.768. The fourth-order valence-electron chi connectivity index (χ4n) is 3.56. The number of rotatable bonds is 4. The summed E-state index contributed by atoms with van der Waals surface area (Å²) in [5, 5.41) is 8.08. The minimum Gasteiger partial charge on any atom is -0.452 e. The van der Waals surface area contributed by atoms with Gasteiger partial charge in [-0.15, -0.1) is 5.10 Å². The van der Waals surface area contributed by atoms with Crippen molar-refractivity contribution in [2.45, 2.75) is 32.9 Å². The molecule has 2 heterocycles. The van der Waals surface area contributed by atoms with Gasteiger partial charge in [0.25, 0.3) is 5.91 Å². The number of nitrogens with zero attached hydrogens (tertiary/aromatic N) is 4. The van der Waals surface area contributed by atoms with E-state index in [-0.39, 0.29) is 18.6 Å². The first kappa shape index (κ1) is 17.2. The number of esters is 1. The molecule has 0 saturated heterocycles. The van der Waals surface area contributed by atoms with Crippen LogP contribution in [0.3, 0.4) is 0 Å². The zero-order valence-corrected chi connectivity index (χ0v) is 15.3. The van der Waals surface area contributed by atoms with Gasteiger partial charge in [-0.1, -0.05) is 23.4 Å². The molecule has 7 heteroatoms. The van der Waals surface area contributed by atoms with E-state index in [1.165, 1.54) is 0 Å². The van der Waals surface area contributed by atoms with Gasteiger partial charge in [0, 0.05) is 18.3 Å². The second-order valence-electron chi connectivity index (χ2n) is 6.63. The molecule has 1 aliphatic rings. The van der Waals surface area contributed by atoms with E-state index in [2.05, 4.69) is 10.3 Å². The van der Waals surface area contributed by atoms with Crippen LogP contribution in [0.15, 0.2) is 42.5 Å². The predicted octanol–water partition coefficient (Wildman–Crippen LogP) is 2.59. The Morgan fingerprint density at radius 1 is 1.22 bits per heavy atom. The van der Waals surface area contributed by atoms with Gasteiger partial charge in [0.2, 0.25) is 0 Å². The molecule has 0 unspecified atom stereocenters. The Morgan fingerprint density at radius 3 is 2.85 bits per heavy atom. The summed E-state index contributed by atoms with van der Waals surface area (Å²) in [7, 11) is 0. The Bertz CT molecular complexity index is 1030. The smallest absolute Gasteiger partial charge is 0.338 e. The van der Waals surface area contributed by atoms with E-state index < -0.39 is 5.97 Å². The van der Waals surface area contributed by atoms with Gasteiger partial charge in [0.05, 0.1) is 11.1 Å². The normalized spacial score (nSPS) is 15.8. The lowest BCUT2D eigenvalue weighted by Gasteiger charge is -2.22. The van der Waals surface area contributed by atoms with Crippen molar-refractivity contribution in [3.8, 4) is 0 Å². The van der Waals surface area contributed by atoms with Gasteiger partial charge in [0.1, 0.15) is 5.52 Å². The molecule has 3 aromatic rings. The molecule has 0 N–H and O–H groups in total. The molecule has 0 aliphatic carbocycles. The average Bonchev–Trinajstić information content (AvgIpc) is 3.24. The van der Waals surface area contributed by atoms with Gasteiger partial charge < -0.3 is 9.64 Å². The number of aryl methyl sites for hydroxylation is 1. The number of carbonyl (C=O) groups is 2. The number of ether oxygens (including phenoxy) is 1. The molecule has 2 aromatic carbocycles. The van der Waals surface area contributed by atoms with Crippen LogP contribution in [0, 0.1) is 0 Å². The van der Waals surface area contributed by atoms with Crippen molar-refractivity contribution in [3.63, 3.8) is 0 Å². The number of anilines is 1. The van der Waals surface area contributed by atoms with E-state index in [1.54, 1.807) is 27.8 Å². The van der Waals surface area contributed by atoms with Gasteiger partial charge in [-0.2, -0.15) is 0 Å². The summed E-state index contributed by atoms with van der Waals surface area (Å²) >= 11 is 0. The third-order valence-corrected chi connectivity index (χ3v) is 4.85. The van der Waals surface area contributed by atoms with Gasteiger partial charge in [-0.3, -0.25) is 4.79 Å². The third-order valence-electron chi connectivity index (χ3n) is 4.85. The number of hydrogen-bond acceptors (Lipinski definition) is 5. The molecule has 1 aromatic heterocycles. The lowest BCUT2D eigenvalue weighted by atomic mass is 10.1. The van der Waals surface area contributed by atoms with Crippen molar-refractivity contribution in [1.82, 2.24) is 15.0 Å². The minimum absolute atomic E-state index is 0.0500. The number of benzene rings is 2. The minimum atomic E-state index is -0.545. The molecule has 1 aliphatic heterocycles. The van der Waals surface area contributed by atoms with Crippen LogP contribution >= 0.6 is 0 Å². The molecule has 7 nitrogen and oxygen atoms in total. The van der Waals surface area contributed by atoms with Gasteiger partial charge >= 0.3 is 5.97 Å². The van der Waals surface area contributed by atoms with Crippen LogP contribution in [0.5, 0.6) is 0 Å². The maximum Gasteiger partial charge on any atom is 0.338 e. The van der Waals surface area contributed by atoms with Crippen molar-refractivity contribution in [2.24, 2.45) is 0 Å². The molecule has 138 valence electrons. The fourth-order valence-corrected chi connectivity index (χ4v) is 3.56. The van der Waals surface area contributed by atoms with E-state index in [0.29, 0.717) is 17.6 Å². The third kappa shape index (κ3) is 3.05. The molecule has 0 spiro atoms. The Kier molecular flexibility index (Phi) is 4.35. The second-order valence-corrected chi connectivity index (χ2v) is 6.63. The van der Waals surface area contributed by atoms with Crippen LogP contribution in [0.2, 0.25) is 0 Å². The molecule has 4 rings (SSSR count). The fraction of sp³-hybridized carbons (Fsp3) is 0.300. The number of carbonyl (C=O) groups excluding carboxylic acids is 2. The highest BCUT2D eigenvalue weighted by molar-refractivity contribution is 5.99. The predicted molar refractivity (Wildman–Crippen MR) is 101 cm³/mol. The zero-order chi connectivity index (χ0) is 19.0. The van der Waals surface area contributed by atoms with E-state index >= 15 is 0 Å². The van der Waals surface area contributed by atoms with E-state index in [9.17, 15) is 9.59 Å². The molecule has 27 heavy (non-hydrogen) atoms. The van der Waals surface area contributed by atoms with Crippen LogP contribution in [0.25, 0.3) is 11.0 Å². The molecular formula is C20H20N4O3. The highest BCUT2D eigenvalue weighted by Crippen LogP contribution is 2.31. The number of amides is 1. The molecule has 1 atom stereocenters. The quantitative estimate of drug-likeness (QED) is 0.665. The van der Waals surface area contributed by atoms with Crippen LogP contribution in [0.4, 0.5) is 5.69 Å². The monoisotopic (exact) mass is 364 g/mol. The standard InChI is InChI=1S/C20H20N4O3/c1-3-23-18-9-8-15(11-16(18)21-22-23)20(26)27-12-19(25)24-13(2)10-14-6-4-5-7-17(14)24/h4-9,11,13H,3,10,12H2,1-2H3/t13-/m0/s1. The van der Waals surface area contributed by atoms with E-state index in [0.717, 1.165) is 23.2 Å². The Hall–Kier alpha value is -3.22. The Labute approximate surface area is 156 Å². The molecule has 0 bridgehead atoms. The van der Waals surface area contributed by atoms with E-state index in [4.69, 9.17) is 4.74 Å².